The average molecular weight is 239 g/mol. The van der Waals surface area contributed by atoms with Crippen molar-refractivity contribution < 1.29 is 4.79 Å². The van der Waals surface area contributed by atoms with Gasteiger partial charge in [-0.3, -0.25) is 4.79 Å². The fourth-order valence-corrected chi connectivity index (χ4v) is 2.17. The molecule has 0 fully saturated rings. The van der Waals surface area contributed by atoms with E-state index in [0.717, 1.165) is 9.09 Å². The first kappa shape index (κ1) is 12.2. The molecule has 15 heavy (non-hydrogen) atoms. The molecule has 0 saturated heterocycles. The maximum absolute atomic E-state index is 10.8. The minimum absolute atomic E-state index is 0.0569. The predicted molar refractivity (Wildman–Crippen MR) is 68.2 cm³/mol. The Morgan fingerprint density at radius 3 is 2.53 bits per heavy atom. The predicted octanol–water partition coefficient (Wildman–Crippen LogP) is 2.63. The molecule has 0 aromatic heterocycles. The first-order chi connectivity index (χ1) is 7.09. The van der Waals surface area contributed by atoms with Crippen LogP contribution >= 0.6 is 24.0 Å². The van der Waals surface area contributed by atoms with E-state index < -0.39 is 0 Å². The molecule has 4 heteroatoms. The molecule has 1 aromatic rings. The Kier molecular flexibility index (Phi) is 4.78. The van der Waals surface area contributed by atoms with E-state index in [1.165, 1.54) is 18.7 Å². The van der Waals surface area contributed by atoms with Crippen molar-refractivity contribution >= 4 is 34.1 Å². The Morgan fingerprint density at radius 2 is 2.00 bits per heavy atom. The highest BCUT2D eigenvalue weighted by molar-refractivity contribution is 8.23. The summed E-state index contributed by atoms with van der Waals surface area (Å²) in [6.07, 6.45) is 0. The zero-order chi connectivity index (χ0) is 11.3. The monoisotopic (exact) mass is 239 g/mol. The van der Waals surface area contributed by atoms with E-state index >= 15 is 0 Å². The molecule has 0 bridgehead atoms. The third kappa shape index (κ3) is 4.44. The third-order valence-electron chi connectivity index (χ3n) is 1.73. The Labute approximate surface area is 99.4 Å². The lowest BCUT2D eigenvalue weighted by Crippen LogP contribution is -2.34. The smallest absolute Gasteiger partial charge is 0.217 e. The van der Waals surface area contributed by atoms with Crippen molar-refractivity contribution in [1.82, 2.24) is 5.32 Å². The van der Waals surface area contributed by atoms with Crippen molar-refractivity contribution in [2.45, 2.75) is 24.8 Å². The lowest BCUT2D eigenvalue weighted by molar-refractivity contribution is -0.119. The van der Waals surface area contributed by atoms with Crippen LogP contribution in [0.3, 0.4) is 0 Å². The molecule has 1 amide bonds. The fraction of sp³-hybridized carbons (Fsp3) is 0.273. The average Bonchev–Trinajstić information content (AvgIpc) is 2.18. The van der Waals surface area contributed by atoms with E-state index in [9.17, 15) is 4.79 Å². The maximum atomic E-state index is 10.8. The summed E-state index contributed by atoms with van der Waals surface area (Å²) in [7, 11) is 0. The number of carbonyl (C=O) groups is 1. The van der Waals surface area contributed by atoms with E-state index in [1.54, 1.807) is 0 Å². The summed E-state index contributed by atoms with van der Waals surface area (Å²) in [5.74, 6) is -0.0569. The molecule has 0 aliphatic carbocycles. The standard InChI is InChI=1S/C11H13NOS2/c1-8(12-9(2)13)11(14)15-10-6-4-3-5-7-10/h3-8H,1-2H3,(H,12,13). The van der Waals surface area contributed by atoms with Gasteiger partial charge in [-0.15, -0.1) is 0 Å². The van der Waals surface area contributed by atoms with Gasteiger partial charge in [0.1, 0.15) is 0 Å². The second kappa shape index (κ2) is 5.88. The van der Waals surface area contributed by atoms with Crippen LogP contribution in [0.1, 0.15) is 13.8 Å². The highest BCUT2D eigenvalue weighted by atomic mass is 32.2. The first-order valence-corrected chi connectivity index (χ1v) is 5.86. The van der Waals surface area contributed by atoms with Crippen molar-refractivity contribution in [3.8, 4) is 0 Å². The molecule has 0 radical (unpaired) electrons. The molecule has 0 heterocycles. The molecule has 80 valence electrons. The number of hydrogen-bond donors (Lipinski definition) is 1. The van der Waals surface area contributed by atoms with E-state index in [1.807, 2.05) is 37.3 Å². The van der Waals surface area contributed by atoms with Crippen LogP contribution in [0.4, 0.5) is 0 Å². The molecule has 0 aliphatic rings. The summed E-state index contributed by atoms with van der Waals surface area (Å²) < 4.78 is 0.774. The molecule has 1 atom stereocenters. The number of amides is 1. The zero-order valence-corrected chi connectivity index (χ0v) is 10.3. The van der Waals surface area contributed by atoms with Crippen LogP contribution in [0, 0.1) is 0 Å². The van der Waals surface area contributed by atoms with Crippen LogP contribution < -0.4 is 5.32 Å². The summed E-state index contributed by atoms with van der Waals surface area (Å²) in [6.45, 7) is 3.38. The molecule has 1 rings (SSSR count). The van der Waals surface area contributed by atoms with Crippen molar-refractivity contribution in [3.63, 3.8) is 0 Å². The van der Waals surface area contributed by atoms with E-state index in [0.29, 0.717) is 0 Å². The van der Waals surface area contributed by atoms with Crippen molar-refractivity contribution in [3.05, 3.63) is 30.3 Å². The maximum Gasteiger partial charge on any atom is 0.217 e. The van der Waals surface area contributed by atoms with Gasteiger partial charge in [-0.25, -0.2) is 0 Å². The molecule has 1 N–H and O–H groups in total. The highest BCUT2D eigenvalue weighted by Crippen LogP contribution is 2.20. The van der Waals surface area contributed by atoms with Gasteiger partial charge in [-0.1, -0.05) is 42.2 Å². The molecular weight excluding hydrogens is 226 g/mol. The molecule has 1 unspecified atom stereocenters. The third-order valence-corrected chi connectivity index (χ3v) is 3.40. The number of rotatable bonds is 3. The molecule has 0 saturated carbocycles. The van der Waals surface area contributed by atoms with Crippen LogP contribution in [0.25, 0.3) is 0 Å². The molecule has 1 aromatic carbocycles. The van der Waals surface area contributed by atoms with Crippen molar-refractivity contribution in [2.24, 2.45) is 0 Å². The minimum Gasteiger partial charge on any atom is -0.348 e. The highest BCUT2D eigenvalue weighted by Gasteiger charge is 2.10. The zero-order valence-electron chi connectivity index (χ0n) is 8.69. The van der Waals surface area contributed by atoms with Gasteiger partial charge in [0, 0.05) is 11.8 Å². The number of thioether (sulfide) groups is 1. The fourth-order valence-electron chi connectivity index (χ4n) is 1.06. The minimum atomic E-state index is -0.0808. The Bertz CT molecular complexity index is 351. The molecular formula is C11H13NOS2. The summed E-state index contributed by atoms with van der Waals surface area (Å²) >= 11 is 6.74. The number of thiocarbonyl (C=S) groups is 1. The van der Waals surface area contributed by atoms with Gasteiger partial charge in [0.2, 0.25) is 5.91 Å². The summed E-state index contributed by atoms with van der Waals surface area (Å²) in [5.41, 5.74) is 0. The van der Waals surface area contributed by atoms with Gasteiger partial charge >= 0.3 is 0 Å². The van der Waals surface area contributed by atoms with Gasteiger partial charge in [0.25, 0.3) is 0 Å². The van der Waals surface area contributed by atoms with Crippen LogP contribution in [0.15, 0.2) is 35.2 Å². The topological polar surface area (TPSA) is 29.1 Å². The second-order valence-electron chi connectivity index (χ2n) is 3.16. The first-order valence-electron chi connectivity index (χ1n) is 4.63. The van der Waals surface area contributed by atoms with E-state index in [2.05, 4.69) is 5.32 Å². The number of carbonyl (C=O) groups excluding carboxylic acids is 1. The van der Waals surface area contributed by atoms with Gasteiger partial charge in [-0.2, -0.15) is 0 Å². The Morgan fingerprint density at radius 1 is 1.40 bits per heavy atom. The van der Waals surface area contributed by atoms with Gasteiger partial charge < -0.3 is 5.32 Å². The summed E-state index contributed by atoms with van der Waals surface area (Å²) in [5, 5.41) is 2.76. The summed E-state index contributed by atoms with van der Waals surface area (Å²) in [4.78, 5) is 11.9. The molecule has 2 nitrogen and oxygen atoms in total. The normalized spacial score (nSPS) is 11.9. The van der Waals surface area contributed by atoms with Crippen LogP contribution in [0.2, 0.25) is 0 Å². The van der Waals surface area contributed by atoms with E-state index in [-0.39, 0.29) is 11.9 Å². The lowest BCUT2D eigenvalue weighted by Gasteiger charge is -2.13. The van der Waals surface area contributed by atoms with Gasteiger partial charge in [0.15, 0.2) is 0 Å². The SMILES string of the molecule is CC(=O)NC(C)C(=S)Sc1ccccc1. The van der Waals surface area contributed by atoms with Crippen LogP contribution in [0.5, 0.6) is 0 Å². The van der Waals surface area contributed by atoms with Crippen LogP contribution in [-0.4, -0.2) is 16.1 Å². The quantitative estimate of drug-likeness (QED) is 0.649. The van der Waals surface area contributed by atoms with Gasteiger partial charge in [-0.05, 0) is 19.1 Å². The van der Waals surface area contributed by atoms with E-state index in [4.69, 9.17) is 12.2 Å². The summed E-state index contributed by atoms with van der Waals surface area (Å²) in [6, 6.07) is 9.81. The Hall–Kier alpha value is -0.870. The lowest BCUT2D eigenvalue weighted by atomic mass is 10.4. The largest absolute Gasteiger partial charge is 0.348 e. The second-order valence-corrected chi connectivity index (χ2v) is 4.97. The van der Waals surface area contributed by atoms with Crippen LogP contribution in [-0.2, 0) is 4.79 Å². The van der Waals surface area contributed by atoms with Gasteiger partial charge in [0.05, 0.1) is 10.2 Å². The van der Waals surface area contributed by atoms with Crippen molar-refractivity contribution in [1.29, 1.82) is 0 Å². The molecule has 0 spiro atoms. The number of hydrogen-bond acceptors (Lipinski definition) is 3. The Balaban J connectivity index is 2.52. The number of benzene rings is 1. The van der Waals surface area contributed by atoms with Crippen molar-refractivity contribution in [2.75, 3.05) is 0 Å². The number of nitrogens with one attached hydrogen (secondary N) is 1. The molecule has 0 aliphatic heterocycles.